The van der Waals surface area contributed by atoms with Crippen molar-refractivity contribution in [2.24, 2.45) is 5.73 Å². The smallest absolute Gasteiger partial charge is 0.123 e. The van der Waals surface area contributed by atoms with Gasteiger partial charge in [0.1, 0.15) is 5.75 Å². The van der Waals surface area contributed by atoms with Gasteiger partial charge in [-0.15, -0.1) is 0 Å². The average molecular weight is 395 g/mol. The van der Waals surface area contributed by atoms with Crippen molar-refractivity contribution in [3.8, 4) is 16.9 Å². The molecule has 0 bridgehead atoms. The molecular weight excluding hydrogens is 360 g/mol. The van der Waals surface area contributed by atoms with Gasteiger partial charge in [0.25, 0.3) is 0 Å². The first-order valence-corrected chi connectivity index (χ1v) is 10.7. The second-order valence-corrected chi connectivity index (χ2v) is 7.73. The van der Waals surface area contributed by atoms with Crippen molar-refractivity contribution >= 4 is 5.84 Å². The molecule has 1 saturated heterocycles. The molecule has 2 aromatic carbocycles. The molecule has 156 valence electrons. The average Bonchev–Trinajstić information content (AvgIpc) is 2.71. The molecule has 0 unspecified atom stereocenters. The van der Waals surface area contributed by atoms with E-state index in [0.717, 1.165) is 57.7 Å². The molecule has 0 atom stereocenters. The first kappa shape index (κ1) is 21.3. The lowest BCUT2D eigenvalue weighted by Crippen LogP contribution is -2.40. The minimum atomic E-state index is 0.641. The summed E-state index contributed by atoms with van der Waals surface area (Å²) >= 11 is 0. The Balaban J connectivity index is 1.79. The first-order valence-electron chi connectivity index (χ1n) is 10.7. The Hall–Kier alpha value is -2.37. The summed E-state index contributed by atoms with van der Waals surface area (Å²) in [5, 5.41) is 7.97. The van der Waals surface area contributed by atoms with Gasteiger partial charge in [-0.3, -0.25) is 10.3 Å². The fraction of sp³-hybridized carbons (Fsp3) is 0.458. The Morgan fingerprint density at radius 2 is 1.79 bits per heavy atom. The lowest BCUT2D eigenvalue weighted by Gasteiger charge is -2.32. The van der Waals surface area contributed by atoms with E-state index in [1.165, 1.54) is 16.7 Å². The van der Waals surface area contributed by atoms with Crippen LogP contribution in [-0.2, 0) is 6.54 Å². The molecule has 3 N–H and O–H groups in total. The van der Waals surface area contributed by atoms with Crippen molar-refractivity contribution in [3.05, 3.63) is 54.1 Å². The van der Waals surface area contributed by atoms with Crippen LogP contribution in [0.3, 0.4) is 0 Å². The first-order chi connectivity index (χ1) is 14.2. The van der Waals surface area contributed by atoms with Gasteiger partial charge in [-0.05, 0) is 62.5 Å². The molecule has 2 aromatic rings. The molecule has 0 radical (unpaired) electrons. The van der Waals surface area contributed by atoms with Crippen LogP contribution < -0.4 is 10.5 Å². The Bertz CT molecular complexity index is 778. The highest BCUT2D eigenvalue weighted by Gasteiger charge is 2.16. The third-order valence-corrected chi connectivity index (χ3v) is 5.48. The van der Waals surface area contributed by atoms with Gasteiger partial charge in [0.05, 0.1) is 12.4 Å². The standard InChI is InChI=1S/C24H34N4O/c1-20(26)28-14-6-5-13-27(15-16-28)19-23-18-22(21-8-3-2-4-9-21)10-11-24(23)29-17-7-12-25/h2-4,8-11,18,26H,5-7,12-17,19,25H2,1H3. The van der Waals surface area contributed by atoms with E-state index in [-0.39, 0.29) is 0 Å². The van der Waals surface area contributed by atoms with Crippen molar-refractivity contribution in [1.29, 1.82) is 5.41 Å². The number of nitrogens with two attached hydrogens (primary N) is 1. The maximum Gasteiger partial charge on any atom is 0.123 e. The van der Waals surface area contributed by atoms with Gasteiger partial charge in [-0.2, -0.15) is 0 Å². The van der Waals surface area contributed by atoms with Crippen LogP contribution in [0, 0.1) is 5.41 Å². The van der Waals surface area contributed by atoms with E-state index in [0.29, 0.717) is 19.0 Å². The number of hydrogen-bond donors (Lipinski definition) is 2. The van der Waals surface area contributed by atoms with E-state index >= 15 is 0 Å². The van der Waals surface area contributed by atoms with Gasteiger partial charge in [0.15, 0.2) is 0 Å². The third-order valence-electron chi connectivity index (χ3n) is 5.48. The second kappa shape index (κ2) is 11.0. The molecule has 29 heavy (non-hydrogen) atoms. The molecule has 1 heterocycles. The topological polar surface area (TPSA) is 65.6 Å². The number of nitrogens with zero attached hydrogens (tertiary/aromatic N) is 2. The predicted molar refractivity (Wildman–Crippen MR) is 121 cm³/mol. The van der Waals surface area contributed by atoms with Gasteiger partial charge in [-0.1, -0.05) is 36.4 Å². The fourth-order valence-corrected chi connectivity index (χ4v) is 3.78. The molecule has 0 spiro atoms. The summed E-state index contributed by atoms with van der Waals surface area (Å²) in [6.45, 7) is 8.01. The SMILES string of the molecule is CC(=N)N1CCCCN(Cc2cc(-c3ccccc3)ccc2OCCCN)CC1. The number of nitrogens with one attached hydrogen (secondary N) is 1. The minimum Gasteiger partial charge on any atom is -0.493 e. The highest BCUT2D eigenvalue weighted by atomic mass is 16.5. The van der Waals surface area contributed by atoms with Crippen LogP contribution in [0.15, 0.2) is 48.5 Å². The van der Waals surface area contributed by atoms with Crippen LogP contribution in [0.5, 0.6) is 5.75 Å². The molecule has 5 nitrogen and oxygen atoms in total. The van der Waals surface area contributed by atoms with Crippen molar-refractivity contribution in [2.45, 2.75) is 32.7 Å². The predicted octanol–water partition coefficient (Wildman–Crippen LogP) is 3.98. The summed E-state index contributed by atoms with van der Waals surface area (Å²) in [6.07, 6.45) is 3.15. The zero-order valence-electron chi connectivity index (χ0n) is 17.6. The maximum absolute atomic E-state index is 7.97. The number of hydrogen-bond acceptors (Lipinski definition) is 4. The van der Waals surface area contributed by atoms with Crippen LogP contribution >= 0.6 is 0 Å². The lowest BCUT2D eigenvalue weighted by molar-refractivity contribution is 0.206. The zero-order valence-corrected chi connectivity index (χ0v) is 17.6. The van der Waals surface area contributed by atoms with E-state index in [9.17, 15) is 0 Å². The van der Waals surface area contributed by atoms with Crippen molar-refractivity contribution in [3.63, 3.8) is 0 Å². The number of rotatable bonds is 7. The largest absolute Gasteiger partial charge is 0.493 e. The summed E-state index contributed by atoms with van der Waals surface area (Å²) in [5.74, 6) is 1.63. The van der Waals surface area contributed by atoms with Gasteiger partial charge in [0, 0.05) is 31.7 Å². The van der Waals surface area contributed by atoms with E-state index < -0.39 is 0 Å². The number of ether oxygens (including phenoxy) is 1. The van der Waals surface area contributed by atoms with Crippen molar-refractivity contribution < 1.29 is 4.74 Å². The van der Waals surface area contributed by atoms with Gasteiger partial charge >= 0.3 is 0 Å². The summed E-state index contributed by atoms with van der Waals surface area (Å²) in [5.41, 5.74) is 9.30. The molecule has 0 aliphatic carbocycles. The quantitative estimate of drug-likeness (QED) is 0.424. The lowest BCUT2D eigenvalue weighted by atomic mass is 10.0. The van der Waals surface area contributed by atoms with Crippen LogP contribution in [-0.4, -0.2) is 55.0 Å². The fourth-order valence-electron chi connectivity index (χ4n) is 3.78. The van der Waals surface area contributed by atoms with Crippen LogP contribution in [0.25, 0.3) is 11.1 Å². The normalized spacial score (nSPS) is 15.6. The monoisotopic (exact) mass is 394 g/mol. The number of benzene rings is 2. The number of amidine groups is 1. The maximum atomic E-state index is 7.97. The Kier molecular flexibility index (Phi) is 8.08. The molecular formula is C24H34N4O. The van der Waals surface area contributed by atoms with Crippen LogP contribution in [0.2, 0.25) is 0 Å². The van der Waals surface area contributed by atoms with Gasteiger partial charge in [-0.25, -0.2) is 0 Å². The highest BCUT2D eigenvalue weighted by Crippen LogP contribution is 2.28. The molecule has 1 fully saturated rings. The molecule has 1 aliphatic heterocycles. The van der Waals surface area contributed by atoms with E-state index in [1.807, 2.05) is 13.0 Å². The highest BCUT2D eigenvalue weighted by molar-refractivity contribution is 5.76. The van der Waals surface area contributed by atoms with E-state index in [1.54, 1.807) is 0 Å². The Morgan fingerprint density at radius 3 is 2.55 bits per heavy atom. The Morgan fingerprint density at radius 1 is 1.00 bits per heavy atom. The molecule has 5 heteroatoms. The van der Waals surface area contributed by atoms with Gasteiger partial charge < -0.3 is 15.4 Å². The molecule has 3 rings (SSSR count). The Labute approximate surface area is 175 Å². The summed E-state index contributed by atoms with van der Waals surface area (Å²) in [7, 11) is 0. The van der Waals surface area contributed by atoms with Gasteiger partial charge in [0.2, 0.25) is 0 Å². The molecule has 1 aliphatic rings. The van der Waals surface area contributed by atoms with Crippen molar-refractivity contribution in [2.75, 3.05) is 39.3 Å². The summed E-state index contributed by atoms with van der Waals surface area (Å²) in [4.78, 5) is 4.68. The summed E-state index contributed by atoms with van der Waals surface area (Å²) < 4.78 is 6.07. The molecule has 0 aromatic heterocycles. The zero-order chi connectivity index (χ0) is 20.5. The van der Waals surface area contributed by atoms with E-state index in [4.69, 9.17) is 15.9 Å². The van der Waals surface area contributed by atoms with Crippen LogP contribution in [0.4, 0.5) is 0 Å². The summed E-state index contributed by atoms with van der Waals surface area (Å²) in [6, 6.07) is 17.0. The molecule has 0 saturated carbocycles. The minimum absolute atomic E-state index is 0.641. The molecule has 0 amide bonds. The van der Waals surface area contributed by atoms with Crippen LogP contribution in [0.1, 0.15) is 31.7 Å². The third kappa shape index (κ3) is 6.31. The van der Waals surface area contributed by atoms with E-state index in [2.05, 4.69) is 52.3 Å². The van der Waals surface area contributed by atoms with Crippen molar-refractivity contribution in [1.82, 2.24) is 9.80 Å². The second-order valence-electron chi connectivity index (χ2n) is 7.73.